The molecule has 1 aliphatic rings. The molecule has 2 rings (SSSR count). The molecule has 19 heavy (non-hydrogen) atoms. The molecule has 1 amide bonds. The monoisotopic (exact) mass is 343 g/mol. The van der Waals surface area contributed by atoms with Gasteiger partial charge in [0, 0.05) is 11.4 Å². The summed E-state index contributed by atoms with van der Waals surface area (Å²) >= 11 is 9.69. The lowest BCUT2D eigenvalue weighted by atomic mass is 9.86. The van der Waals surface area contributed by atoms with Crippen LogP contribution >= 0.6 is 27.5 Å². The number of hydrogen-bond acceptors (Lipinski definition) is 1. The Hall–Kier alpha value is -0.540. The molecule has 2 nitrogen and oxygen atoms in total. The van der Waals surface area contributed by atoms with E-state index in [1.807, 2.05) is 19.1 Å². The Balaban J connectivity index is 2.07. The zero-order valence-electron chi connectivity index (χ0n) is 11.1. The molecule has 0 saturated heterocycles. The predicted octanol–water partition coefficient (Wildman–Crippen LogP) is 4.33. The molecule has 1 N–H and O–H groups in total. The Labute approximate surface area is 128 Å². The standard InChI is InChI=1S/C15H19BrClNO/c1-10-6-7-12(13(17)8-10)15(19)18-14-5-3-2-4-11(14)9-16/h6-8,11,14H,2-5,9H2,1H3,(H,18,19). The van der Waals surface area contributed by atoms with Gasteiger partial charge >= 0.3 is 0 Å². The Morgan fingerprint density at radius 2 is 2.16 bits per heavy atom. The van der Waals surface area contributed by atoms with E-state index in [1.54, 1.807) is 6.07 Å². The van der Waals surface area contributed by atoms with Crippen molar-refractivity contribution in [2.45, 2.75) is 38.6 Å². The molecule has 0 bridgehead atoms. The summed E-state index contributed by atoms with van der Waals surface area (Å²) in [5.74, 6) is 0.477. The predicted molar refractivity (Wildman–Crippen MR) is 83.2 cm³/mol. The van der Waals surface area contributed by atoms with Crippen molar-refractivity contribution in [3.8, 4) is 0 Å². The van der Waals surface area contributed by atoms with Gasteiger partial charge in [-0.05, 0) is 43.4 Å². The summed E-state index contributed by atoms with van der Waals surface area (Å²) in [5, 5.41) is 4.62. The maximum atomic E-state index is 12.3. The molecule has 1 aromatic rings. The minimum Gasteiger partial charge on any atom is -0.349 e. The van der Waals surface area contributed by atoms with Crippen LogP contribution in [-0.4, -0.2) is 17.3 Å². The highest BCUT2D eigenvalue weighted by Crippen LogP contribution is 2.26. The van der Waals surface area contributed by atoms with Crippen LogP contribution in [0.1, 0.15) is 41.6 Å². The van der Waals surface area contributed by atoms with Gasteiger partial charge < -0.3 is 5.32 Å². The van der Waals surface area contributed by atoms with Gasteiger partial charge in [0.2, 0.25) is 0 Å². The molecular weight excluding hydrogens is 326 g/mol. The van der Waals surface area contributed by atoms with E-state index in [1.165, 1.54) is 19.3 Å². The minimum absolute atomic E-state index is 0.0529. The third-order valence-corrected chi connectivity index (χ3v) is 4.94. The lowest BCUT2D eigenvalue weighted by Gasteiger charge is -2.31. The third-order valence-electron chi connectivity index (χ3n) is 3.79. The van der Waals surface area contributed by atoms with Gasteiger partial charge in [0.05, 0.1) is 10.6 Å². The molecule has 4 heteroatoms. The van der Waals surface area contributed by atoms with Gasteiger partial charge in [0.1, 0.15) is 0 Å². The Kier molecular flexibility index (Phi) is 5.28. The van der Waals surface area contributed by atoms with Crippen LogP contribution < -0.4 is 5.32 Å². The number of carbonyl (C=O) groups is 1. The molecule has 104 valence electrons. The second-order valence-corrected chi connectivity index (χ2v) is 6.32. The number of nitrogens with one attached hydrogen (secondary N) is 1. The molecule has 1 saturated carbocycles. The van der Waals surface area contributed by atoms with E-state index in [9.17, 15) is 4.79 Å². The number of alkyl halides is 1. The first kappa shape index (κ1) is 14.9. The summed E-state index contributed by atoms with van der Waals surface area (Å²) in [6.45, 7) is 1.97. The third kappa shape index (κ3) is 3.73. The van der Waals surface area contributed by atoms with Gasteiger partial charge in [-0.3, -0.25) is 4.79 Å². The van der Waals surface area contributed by atoms with Crippen LogP contribution in [0.5, 0.6) is 0 Å². The summed E-state index contributed by atoms with van der Waals surface area (Å²) in [7, 11) is 0. The lowest BCUT2D eigenvalue weighted by molar-refractivity contribution is 0.0912. The number of benzene rings is 1. The topological polar surface area (TPSA) is 29.1 Å². The first-order valence-electron chi connectivity index (χ1n) is 6.75. The van der Waals surface area contributed by atoms with Crippen molar-refractivity contribution < 1.29 is 4.79 Å². The molecular formula is C15H19BrClNO. The Morgan fingerprint density at radius 1 is 1.42 bits per heavy atom. The summed E-state index contributed by atoms with van der Waals surface area (Å²) in [6.07, 6.45) is 4.69. The maximum absolute atomic E-state index is 12.3. The number of rotatable bonds is 3. The van der Waals surface area contributed by atoms with Crippen LogP contribution in [0.15, 0.2) is 18.2 Å². The summed E-state index contributed by atoms with van der Waals surface area (Å²) in [5.41, 5.74) is 1.64. The number of halogens is 2. The average molecular weight is 345 g/mol. The highest BCUT2D eigenvalue weighted by atomic mass is 79.9. The first-order valence-corrected chi connectivity index (χ1v) is 8.24. The molecule has 2 atom stereocenters. The first-order chi connectivity index (χ1) is 9.11. The fourth-order valence-electron chi connectivity index (χ4n) is 2.63. The average Bonchev–Trinajstić information content (AvgIpc) is 2.39. The molecule has 2 unspecified atom stereocenters. The van der Waals surface area contributed by atoms with E-state index in [4.69, 9.17) is 11.6 Å². The maximum Gasteiger partial charge on any atom is 0.253 e. The van der Waals surface area contributed by atoms with E-state index in [-0.39, 0.29) is 11.9 Å². The van der Waals surface area contributed by atoms with Crippen molar-refractivity contribution in [2.75, 3.05) is 5.33 Å². The van der Waals surface area contributed by atoms with E-state index in [2.05, 4.69) is 21.2 Å². The molecule has 1 fully saturated rings. The van der Waals surface area contributed by atoms with Crippen LogP contribution in [0.4, 0.5) is 0 Å². The van der Waals surface area contributed by atoms with E-state index >= 15 is 0 Å². The molecule has 0 aromatic heterocycles. The Morgan fingerprint density at radius 3 is 2.84 bits per heavy atom. The van der Waals surface area contributed by atoms with Crippen LogP contribution in [0, 0.1) is 12.8 Å². The fraction of sp³-hybridized carbons (Fsp3) is 0.533. The highest BCUT2D eigenvalue weighted by Gasteiger charge is 2.26. The van der Waals surface area contributed by atoms with Crippen LogP contribution in [0.2, 0.25) is 5.02 Å². The molecule has 0 heterocycles. The molecule has 1 aromatic carbocycles. The van der Waals surface area contributed by atoms with Crippen molar-refractivity contribution in [1.82, 2.24) is 5.32 Å². The van der Waals surface area contributed by atoms with Crippen molar-refractivity contribution in [3.63, 3.8) is 0 Å². The smallest absolute Gasteiger partial charge is 0.253 e. The Bertz CT molecular complexity index is 463. The molecule has 0 aliphatic heterocycles. The van der Waals surface area contributed by atoms with Crippen molar-refractivity contribution in [1.29, 1.82) is 0 Å². The van der Waals surface area contributed by atoms with Crippen LogP contribution in [0.3, 0.4) is 0 Å². The van der Waals surface area contributed by atoms with E-state index in [0.29, 0.717) is 16.5 Å². The van der Waals surface area contributed by atoms with E-state index < -0.39 is 0 Å². The minimum atomic E-state index is -0.0529. The number of amides is 1. The fourth-order valence-corrected chi connectivity index (χ4v) is 3.73. The lowest BCUT2D eigenvalue weighted by Crippen LogP contribution is -2.42. The normalized spacial score (nSPS) is 23.1. The number of hydrogen-bond donors (Lipinski definition) is 1. The summed E-state index contributed by atoms with van der Waals surface area (Å²) in [4.78, 5) is 12.3. The van der Waals surface area contributed by atoms with Gasteiger partial charge in [-0.2, -0.15) is 0 Å². The van der Waals surface area contributed by atoms with E-state index in [0.717, 1.165) is 17.3 Å². The van der Waals surface area contributed by atoms with Gasteiger partial charge in [-0.1, -0.05) is 46.4 Å². The van der Waals surface area contributed by atoms with Crippen molar-refractivity contribution in [2.24, 2.45) is 5.92 Å². The second kappa shape index (κ2) is 6.76. The SMILES string of the molecule is Cc1ccc(C(=O)NC2CCCCC2CBr)c(Cl)c1. The van der Waals surface area contributed by atoms with Crippen LogP contribution in [-0.2, 0) is 0 Å². The van der Waals surface area contributed by atoms with Gasteiger partial charge in [0.15, 0.2) is 0 Å². The molecule has 0 spiro atoms. The zero-order chi connectivity index (χ0) is 13.8. The second-order valence-electron chi connectivity index (χ2n) is 5.26. The van der Waals surface area contributed by atoms with Crippen molar-refractivity contribution >= 4 is 33.4 Å². The number of aryl methyl sites for hydroxylation is 1. The van der Waals surface area contributed by atoms with Crippen LogP contribution in [0.25, 0.3) is 0 Å². The molecule has 0 radical (unpaired) electrons. The van der Waals surface area contributed by atoms with Gasteiger partial charge in [-0.15, -0.1) is 0 Å². The number of carbonyl (C=O) groups excluding carboxylic acids is 1. The summed E-state index contributed by atoms with van der Waals surface area (Å²) < 4.78 is 0. The van der Waals surface area contributed by atoms with Crippen molar-refractivity contribution in [3.05, 3.63) is 34.3 Å². The summed E-state index contributed by atoms with van der Waals surface area (Å²) in [6, 6.07) is 5.82. The quantitative estimate of drug-likeness (QED) is 0.812. The zero-order valence-corrected chi connectivity index (χ0v) is 13.4. The highest BCUT2D eigenvalue weighted by molar-refractivity contribution is 9.09. The van der Waals surface area contributed by atoms with Gasteiger partial charge in [0.25, 0.3) is 5.91 Å². The van der Waals surface area contributed by atoms with Gasteiger partial charge in [-0.25, -0.2) is 0 Å². The molecule has 1 aliphatic carbocycles. The largest absolute Gasteiger partial charge is 0.349 e.